The summed E-state index contributed by atoms with van der Waals surface area (Å²) in [5.74, 6) is 6.96. The highest BCUT2D eigenvalue weighted by Crippen LogP contribution is 2.52. The maximum absolute atomic E-state index is 10.8. The van der Waals surface area contributed by atoms with Gasteiger partial charge in [0.1, 0.15) is 11.9 Å². The Hall–Kier alpha value is -2.25. The van der Waals surface area contributed by atoms with Crippen molar-refractivity contribution in [2.24, 2.45) is 11.8 Å². The normalized spacial score (nSPS) is 26.2. The maximum Gasteiger partial charge on any atom is 0.303 e. The van der Waals surface area contributed by atoms with E-state index in [1.54, 1.807) is 0 Å². The lowest BCUT2D eigenvalue weighted by molar-refractivity contribution is -0.137. The van der Waals surface area contributed by atoms with Crippen molar-refractivity contribution >= 4 is 5.97 Å². The molecule has 1 aromatic rings. The zero-order valence-corrected chi connectivity index (χ0v) is 16.7. The number of hydrogen-bond donors (Lipinski definition) is 2. The highest BCUT2D eigenvalue weighted by Gasteiger charge is 2.48. The van der Waals surface area contributed by atoms with Crippen LogP contribution in [0.3, 0.4) is 0 Å². The van der Waals surface area contributed by atoms with Crippen molar-refractivity contribution in [2.75, 3.05) is 0 Å². The molecule has 4 heteroatoms. The van der Waals surface area contributed by atoms with Crippen LogP contribution in [0.25, 0.3) is 0 Å². The quantitative estimate of drug-likeness (QED) is 0.519. The Labute approximate surface area is 167 Å². The highest BCUT2D eigenvalue weighted by molar-refractivity contribution is 5.66. The molecular weight excluding hydrogens is 352 g/mol. The number of ether oxygens (including phenoxy) is 1. The van der Waals surface area contributed by atoms with Gasteiger partial charge in [-0.3, -0.25) is 4.79 Å². The van der Waals surface area contributed by atoms with Crippen LogP contribution in [0.2, 0.25) is 0 Å². The summed E-state index contributed by atoms with van der Waals surface area (Å²) < 4.78 is 6.24. The van der Waals surface area contributed by atoms with Gasteiger partial charge in [0.15, 0.2) is 0 Å². The topological polar surface area (TPSA) is 66.8 Å². The summed E-state index contributed by atoms with van der Waals surface area (Å²) in [6.45, 7) is 4.06. The third-order valence-corrected chi connectivity index (χ3v) is 5.85. The molecule has 0 spiro atoms. The Morgan fingerprint density at radius 1 is 1.43 bits per heavy atom. The van der Waals surface area contributed by atoms with E-state index in [1.807, 2.05) is 19.1 Å². The molecule has 150 valence electrons. The van der Waals surface area contributed by atoms with E-state index in [4.69, 9.17) is 9.84 Å². The van der Waals surface area contributed by atoms with Gasteiger partial charge in [0, 0.05) is 36.7 Å². The maximum atomic E-state index is 10.8. The molecule has 1 aromatic carbocycles. The monoisotopic (exact) mass is 382 g/mol. The van der Waals surface area contributed by atoms with Gasteiger partial charge in [0.05, 0.1) is 6.10 Å². The molecule has 0 amide bonds. The fraction of sp³-hybridized carbons (Fsp3) is 0.542. The molecule has 0 aromatic heterocycles. The van der Waals surface area contributed by atoms with Crippen molar-refractivity contribution in [3.63, 3.8) is 0 Å². The standard InChI is InChI=1S/C24H30O4/c1-3-4-8-16(2)9-5-12-18-20(25)15-21-23(18)19-13-6-10-17(24(19)28-21)11-7-14-22(26)27/h5-6,10,12-13,16,18,20-21,23,25H,7-9,11,14-15H2,1-2H3,(H,26,27)/b12-5+/t16-,18+,20?,21+,23+/m0/s1. The number of allylic oxidation sites excluding steroid dienone is 1. The summed E-state index contributed by atoms with van der Waals surface area (Å²) in [5.41, 5.74) is 2.24. The summed E-state index contributed by atoms with van der Waals surface area (Å²) in [6.07, 6.45) is 7.94. The van der Waals surface area contributed by atoms with Crippen molar-refractivity contribution in [1.29, 1.82) is 0 Å². The first kappa shape index (κ1) is 20.5. The summed E-state index contributed by atoms with van der Waals surface area (Å²) in [4.78, 5) is 10.8. The Kier molecular flexibility index (Phi) is 6.80. The molecule has 1 fully saturated rings. The Balaban J connectivity index is 1.71. The van der Waals surface area contributed by atoms with Crippen molar-refractivity contribution in [2.45, 2.75) is 70.5 Å². The van der Waals surface area contributed by atoms with Crippen LogP contribution in [-0.2, 0) is 11.2 Å². The van der Waals surface area contributed by atoms with Gasteiger partial charge in [-0.05, 0) is 37.7 Å². The van der Waals surface area contributed by atoms with Crippen LogP contribution in [0.15, 0.2) is 30.4 Å². The van der Waals surface area contributed by atoms with E-state index in [2.05, 4.69) is 37.0 Å². The zero-order chi connectivity index (χ0) is 20.1. The summed E-state index contributed by atoms with van der Waals surface area (Å²) in [5, 5.41) is 19.5. The van der Waals surface area contributed by atoms with Gasteiger partial charge in [0.25, 0.3) is 0 Å². The third-order valence-electron chi connectivity index (χ3n) is 5.85. The smallest absolute Gasteiger partial charge is 0.303 e. The van der Waals surface area contributed by atoms with Gasteiger partial charge >= 0.3 is 5.97 Å². The van der Waals surface area contributed by atoms with Gasteiger partial charge in [-0.1, -0.05) is 37.3 Å². The van der Waals surface area contributed by atoms with Crippen LogP contribution in [0.5, 0.6) is 5.75 Å². The minimum absolute atomic E-state index is 0.00338. The minimum Gasteiger partial charge on any atom is -0.489 e. The molecule has 1 unspecified atom stereocenters. The summed E-state index contributed by atoms with van der Waals surface area (Å²) in [6, 6.07) is 6.15. The first-order valence-electron chi connectivity index (χ1n) is 10.3. The van der Waals surface area contributed by atoms with Crippen LogP contribution < -0.4 is 4.74 Å². The van der Waals surface area contributed by atoms with Gasteiger partial charge in [-0.2, -0.15) is 0 Å². The summed E-state index contributed by atoms with van der Waals surface area (Å²) in [7, 11) is 0. The second-order valence-electron chi connectivity index (χ2n) is 8.05. The van der Waals surface area contributed by atoms with Crippen molar-refractivity contribution in [3.05, 3.63) is 41.5 Å². The molecule has 2 aliphatic rings. The lowest BCUT2D eigenvalue weighted by atomic mass is 9.86. The van der Waals surface area contributed by atoms with E-state index in [9.17, 15) is 9.90 Å². The Morgan fingerprint density at radius 2 is 2.25 bits per heavy atom. The van der Waals surface area contributed by atoms with E-state index < -0.39 is 5.97 Å². The van der Waals surface area contributed by atoms with Crippen LogP contribution in [0.4, 0.5) is 0 Å². The molecule has 1 aliphatic carbocycles. The van der Waals surface area contributed by atoms with Gasteiger partial charge < -0.3 is 14.9 Å². The number of benzene rings is 1. The highest BCUT2D eigenvalue weighted by atomic mass is 16.5. The second kappa shape index (κ2) is 9.30. The van der Waals surface area contributed by atoms with E-state index in [0.717, 1.165) is 29.7 Å². The van der Waals surface area contributed by atoms with E-state index in [-0.39, 0.29) is 30.5 Å². The molecule has 1 saturated carbocycles. The molecule has 1 aliphatic heterocycles. The number of carboxylic acid groups (broad SMARTS) is 1. The molecule has 1 heterocycles. The molecule has 28 heavy (non-hydrogen) atoms. The SMILES string of the molecule is CC#CC[C@H](C)C/C=C/[C@@H]1C(O)C[C@H]2Oc3c(CCCC(=O)O)cccc3[C@@H]12. The predicted molar refractivity (Wildman–Crippen MR) is 109 cm³/mol. The lowest BCUT2D eigenvalue weighted by Gasteiger charge is -2.17. The van der Waals surface area contributed by atoms with Crippen LogP contribution in [-0.4, -0.2) is 28.4 Å². The largest absolute Gasteiger partial charge is 0.489 e. The molecule has 0 saturated heterocycles. The van der Waals surface area contributed by atoms with Gasteiger partial charge in [0.2, 0.25) is 0 Å². The van der Waals surface area contributed by atoms with Gasteiger partial charge in [-0.25, -0.2) is 0 Å². The third kappa shape index (κ3) is 4.59. The zero-order valence-electron chi connectivity index (χ0n) is 16.7. The molecule has 2 N–H and O–H groups in total. The fourth-order valence-corrected chi connectivity index (χ4v) is 4.42. The van der Waals surface area contributed by atoms with Crippen LogP contribution in [0, 0.1) is 23.7 Å². The molecule has 0 radical (unpaired) electrons. The van der Waals surface area contributed by atoms with E-state index in [0.29, 0.717) is 25.2 Å². The number of aliphatic hydroxyl groups excluding tert-OH is 1. The number of aliphatic hydroxyl groups is 1. The molecule has 5 atom stereocenters. The number of aliphatic carboxylic acids is 1. The summed E-state index contributed by atoms with van der Waals surface area (Å²) >= 11 is 0. The van der Waals surface area contributed by atoms with Crippen molar-refractivity contribution < 1.29 is 19.7 Å². The number of hydrogen-bond acceptors (Lipinski definition) is 3. The molecule has 4 nitrogen and oxygen atoms in total. The van der Waals surface area contributed by atoms with E-state index >= 15 is 0 Å². The molecule has 3 rings (SSSR count). The van der Waals surface area contributed by atoms with Gasteiger partial charge in [-0.15, -0.1) is 11.8 Å². The molecule has 0 bridgehead atoms. The molecular formula is C24H30O4. The average molecular weight is 383 g/mol. The first-order chi connectivity index (χ1) is 13.5. The fourth-order valence-electron chi connectivity index (χ4n) is 4.42. The number of aryl methyl sites for hydroxylation is 1. The van der Waals surface area contributed by atoms with Crippen molar-refractivity contribution in [1.82, 2.24) is 0 Å². The van der Waals surface area contributed by atoms with Crippen LogP contribution in [0.1, 0.15) is 63.0 Å². The lowest BCUT2D eigenvalue weighted by Crippen LogP contribution is -2.16. The number of rotatable bonds is 8. The number of para-hydroxylation sites is 1. The second-order valence-corrected chi connectivity index (χ2v) is 8.05. The van der Waals surface area contributed by atoms with Crippen LogP contribution >= 0.6 is 0 Å². The van der Waals surface area contributed by atoms with Crippen molar-refractivity contribution in [3.8, 4) is 17.6 Å². The predicted octanol–water partition coefficient (Wildman–Crippen LogP) is 4.32. The average Bonchev–Trinajstić information content (AvgIpc) is 3.16. The Morgan fingerprint density at radius 3 is 3.00 bits per heavy atom. The minimum atomic E-state index is -0.766. The number of carbonyl (C=O) groups is 1. The Bertz CT molecular complexity index is 786. The number of fused-ring (bicyclic) bond motifs is 3. The number of carboxylic acids is 1. The first-order valence-corrected chi connectivity index (χ1v) is 10.3. The van der Waals surface area contributed by atoms with E-state index in [1.165, 1.54) is 0 Å².